The zero-order chi connectivity index (χ0) is 15.7. The van der Waals surface area contributed by atoms with Gasteiger partial charge in [0.2, 0.25) is 0 Å². The lowest BCUT2D eigenvalue weighted by atomic mass is 9.83. The van der Waals surface area contributed by atoms with Crippen LogP contribution in [-0.4, -0.2) is 30.6 Å². The van der Waals surface area contributed by atoms with E-state index < -0.39 is 0 Å². The van der Waals surface area contributed by atoms with E-state index in [1.54, 1.807) is 4.90 Å². The first-order chi connectivity index (χ1) is 10.6. The SMILES string of the molecule is CC1CC(c2ccc(C#N)c3c2=CCCN=3)CN(C(N)=O)C1. The van der Waals surface area contributed by atoms with Crippen LogP contribution in [0.1, 0.15) is 36.8 Å². The number of carbonyl (C=O) groups excluding carboxylic acids is 1. The summed E-state index contributed by atoms with van der Waals surface area (Å²) >= 11 is 0. The summed E-state index contributed by atoms with van der Waals surface area (Å²) in [5, 5.41) is 11.2. The highest BCUT2D eigenvalue weighted by Crippen LogP contribution is 2.28. The Kier molecular flexibility index (Phi) is 3.84. The monoisotopic (exact) mass is 296 g/mol. The lowest BCUT2D eigenvalue weighted by Gasteiger charge is -2.36. The molecule has 2 unspecified atom stereocenters. The van der Waals surface area contributed by atoms with E-state index in [1.807, 2.05) is 12.1 Å². The summed E-state index contributed by atoms with van der Waals surface area (Å²) in [5.74, 6) is 0.667. The number of nitriles is 1. The average molecular weight is 296 g/mol. The van der Waals surface area contributed by atoms with Crippen LogP contribution in [0.15, 0.2) is 17.1 Å². The van der Waals surface area contributed by atoms with E-state index in [4.69, 9.17) is 5.73 Å². The number of rotatable bonds is 1. The highest BCUT2D eigenvalue weighted by Gasteiger charge is 2.28. The summed E-state index contributed by atoms with van der Waals surface area (Å²) in [6.45, 7) is 4.25. The third-order valence-electron chi connectivity index (χ3n) is 4.53. The molecule has 2 aliphatic heterocycles. The van der Waals surface area contributed by atoms with Gasteiger partial charge in [-0.15, -0.1) is 0 Å². The van der Waals surface area contributed by atoms with Crippen molar-refractivity contribution in [3.05, 3.63) is 33.8 Å². The van der Waals surface area contributed by atoms with Crippen molar-refractivity contribution in [1.29, 1.82) is 5.26 Å². The minimum Gasteiger partial charge on any atom is -0.351 e. The van der Waals surface area contributed by atoms with Gasteiger partial charge in [-0.2, -0.15) is 5.26 Å². The molecule has 0 aliphatic carbocycles. The second kappa shape index (κ2) is 5.80. The lowest BCUT2D eigenvalue weighted by molar-refractivity contribution is 0.167. The number of hydrogen-bond acceptors (Lipinski definition) is 3. The van der Waals surface area contributed by atoms with Gasteiger partial charge in [0.05, 0.1) is 10.9 Å². The van der Waals surface area contributed by atoms with Gasteiger partial charge in [-0.3, -0.25) is 4.99 Å². The van der Waals surface area contributed by atoms with Crippen LogP contribution in [0, 0.1) is 17.2 Å². The van der Waals surface area contributed by atoms with Crippen molar-refractivity contribution in [2.24, 2.45) is 16.6 Å². The first kappa shape index (κ1) is 14.6. The molecule has 0 spiro atoms. The topological polar surface area (TPSA) is 82.5 Å². The van der Waals surface area contributed by atoms with Crippen LogP contribution >= 0.6 is 0 Å². The van der Waals surface area contributed by atoms with Gasteiger partial charge in [-0.1, -0.05) is 19.1 Å². The van der Waals surface area contributed by atoms with Crippen molar-refractivity contribution < 1.29 is 4.79 Å². The van der Waals surface area contributed by atoms with E-state index in [2.05, 4.69) is 24.1 Å². The van der Waals surface area contributed by atoms with Crippen LogP contribution in [0.4, 0.5) is 4.79 Å². The van der Waals surface area contributed by atoms with Crippen LogP contribution < -0.4 is 16.3 Å². The van der Waals surface area contributed by atoms with Crippen molar-refractivity contribution in [1.82, 2.24) is 4.90 Å². The van der Waals surface area contributed by atoms with Crippen LogP contribution in [-0.2, 0) is 0 Å². The number of likely N-dealkylation sites (tertiary alicyclic amines) is 1. The molecule has 3 rings (SSSR count). The Morgan fingerprint density at radius 1 is 1.45 bits per heavy atom. The number of nitrogens with zero attached hydrogens (tertiary/aromatic N) is 3. The molecular formula is C17H20N4O. The third kappa shape index (κ3) is 2.57. The summed E-state index contributed by atoms with van der Waals surface area (Å²) in [4.78, 5) is 17.8. The zero-order valence-corrected chi connectivity index (χ0v) is 12.7. The molecule has 114 valence electrons. The minimum absolute atomic E-state index is 0.252. The molecule has 2 amide bonds. The van der Waals surface area contributed by atoms with Crippen molar-refractivity contribution in [3.63, 3.8) is 0 Å². The van der Waals surface area contributed by atoms with Crippen molar-refractivity contribution in [3.8, 4) is 6.07 Å². The Morgan fingerprint density at radius 2 is 2.27 bits per heavy atom. The smallest absolute Gasteiger partial charge is 0.314 e. The Labute approximate surface area is 129 Å². The molecular weight excluding hydrogens is 276 g/mol. The first-order valence-electron chi connectivity index (χ1n) is 7.72. The third-order valence-corrected chi connectivity index (χ3v) is 4.53. The van der Waals surface area contributed by atoms with Gasteiger partial charge in [0.1, 0.15) is 6.07 Å². The molecule has 1 aromatic carbocycles. The van der Waals surface area contributed by atoms with Crippen LogP contribution in [0.3, 0.4) is 0 Å². The summed E-state index contributed by atoms with van der Waals surface area (Å²) in [5.41, 5.74) is 7.29. The van der Waals surface area contributed by atoms with E-state index in [9.17, 15) is 10.1 Å². The molecule has 5 heteroatoms. The summed E-state index contributed by atoms with van der Waals surface area (Å²) < 4.78 is 0. The number of carbonyl (C=O) groups is 1. The van der Waals surface area contributed by atoms with Crippen LogP contribution in [0.25, 0.3) is 6.08 Å². The Balaban J connectivity index is 2.06. The first-order valence-corrected chi connectivity index (χ1v) is 7.72. The maximum atomic E-state index is 11.5. The summed E-state index contributed by atoms with van der Waals surface area (Å²) in [6.07, 6.45) is 4.10. The zero-order valence-electron chi connectivity index (χ0n) is 12.7. The predicted octanol–water partition coefficient (Wildman–Crippen LogP) is 0.866. The molecule has 0 bridgehead atoms. The van der Waals surface area contributed by atoms with Crippen LogP contribution in [0.5, 0.6) is 0 Å². The van der Waals surface area contributed by atoms with Gasteiger partial charge in [0.15, 0.2) is 0 Å². The standard InChI is InChI=1S/C17H20N4O/c1-11-7-13(10-21(9-11)17(19)22)14-5-4-12(8-18)16-15(14)3-2-6-20-16/h3-5,11,13H,2,6-7,9-10H2,1H3,(H2,19,22). The number of piperidine rings is 1. The molecule has 0 saturated carbocycles. The number of hydrogen-bond donors (Lipinski definition) is 1. The molecule has 1 saturated heterocycles. The Hall–Kier alpha value is -2.35. The number of fused-ring (bicyclic) bond motifs is 1. The van der Waals surface area contributed by atoms with Gasteiger partial charge in [-0.05, 0) is 30.4 Å². The molecule has 0 aromatic heterocycles. The number of benzene rings is 1. The number of urea groups is 1. The van der Waals surface area contributed by atoms with Gasteiger partial charge >= 0.3 is 6.03 Å². The van der Waals surface area contributed by atoms with E-state index in [0.717, 1.165) is 36.5 Å². The highest BCUT2D eigenvalue weighted by atomic mass is 16.2. The van der Waals surface area contributed by atoms with Gasteiger partial charge < -0.3 is 10.6 Å². The molecule has 5 nitrogen and oxygen atoms in total. The summed E-state index contributed by atoms with van der Waals surface area (Å²) in [7, 11) is 0. The molecule has 2 N–H and O–H groups in total. The molecule has 2 atom stereocenters. The largest absolute Gasteiger partial charge is 0.351 e. The molecule has 2 heterocycles. The number of nitrogens with two attached hydrogens (primary N) is 1. The van der Waals surface area contributed by atoms with Crippen LogP contribution in [0.2, 0.25) is 0 Å². The number of amides is 2. The molecule has 0 radical (unpaired) electrons. The second-order valence-corrected chi connectivity index (χ2v) is 6.23. The maximum absolute atomic E-state index is 11.5. The normalized spacial score (nSPS) is 23.7. The lowest BCUT2D eigenvalue weighted by Crippen LogP contribution is -2.47. The summed E-state index contributed by atoms with van der Waals surface area (Å²) in [6, 6.07) is 5.75. The van der Waals surface area contributed by atoms with Gasteiger partial charge in [0, 0.05) is 30.8 Å². The average Bonchev–Trinajstić information content (AvgIpc) is 2.53. The Morgan fingerprint density at radius 3 is 3.00 bits per heavy atom. The van der Waals surface area contributed by atoms with E-state index in [1.165, 1.54) is 5.56 Å². The fourth-order valence-electron chi connectivity index (χ4n) is 3.60. The minimum atomic E-state index is -0.354. The fraction of sp³-hybridized carbons (Fsp3) is 0.471. The molecule has 1 fully saturated rings. The van der Waals surface area contributed by atoms with Crippen molar-refractivity contribution in [2.45, 2.75) is 25.7 Å². The molecule has 22 heavy (non-hydrogen) atoms. The highest BCUT2D eigenvalue weighted by molar-refractivity contribution is 5.72. The van der Waals surface area contributed by atoms with E-state index in [0.29, 0.717) is 18.0 Å². The second-order valence-electron chi connectivity index (χ2n) is 6.23. The Bertz CT molecular complexity index is 762. The maximum Gasteiger partial charge on any atom is 0.314 e. The predicted molar refractivity (Wildman–Crippen MR) is 83.6 cm³/mol. The van der Waals surface area contributed by atoms with E-state index >= 15 is 0 Å². The van der Waals surface area contributed by atoms with Crippen molar-refractivity contribution >= 4 is 12.1 Å². The quantitative estimate of drug-likeness (QED) is 0.834. The fourth-order valence-corrected chi connectivity index (χ4v) is 3.60. The van der Waals surface area contributed by atoms with Crippen molar-refractivity contribution in [2.75, 3.05) is 19.6 Å². The number of primary amides is 1. The van der Waals surface area contributed by atoms with Gasteiger partial charge in [-0.25, -0.2) is 4.79 Å². The molecule has 1 aromatic rings. The molecule has 2 aliphatic rings. The van der Waals surface area contributed by atoms with E-state index in [-0.39, 0.29) is 11.9 Å². The van der Waals surface area contributed by atoms with Gasteiger partial charge in [0.25, 0.3) is 0 Å².